The number of fused-ring (bicyclic) bond motifs is 3. The first-order chi connectivity index (χ1) is 10.3. The van der Waals surface area contributed by atoms with Gasteiger partial charge in [0.15, 0.2) is 0 Å². The highest BCUT2D eigenvalue weighted by Gasteiger charge is 2.17. The molecule has 1 aliphatic carbocycles. The topological polar surface area (TPSA) is 25.2 Å². The van der Waals surface area contributed by atoms with Gasteiger partial charge in [-0.25, -0.2) is 0 Å². The molecule has 2 heteroatoms. The number of furan rings is 1. The molecule has 0 radical (unpaired) electrons. The Bertz CT molecular complexity index is 801. The summed E-state index contributed by atoms with van der Waals surface area (Å²) in [5.74, 6) is 0.999. The lowest BCUT2D eigenvalue weighted by Crippen LogP contribution is -2.00. The molecule has 0 saturated heterocycles. The maximum atomic E-state index is 5.47. The van der Waals surface area contributed by atoms with Gasteiger partial charge in [-0.2, -0.15) is 0 Å². The molecule has 1 aliphatic rings. The van der Waals surface area contributed by atoms with Crippen molar-refractivity contribution in [3.05, 3.63) is 77.2 Å². The minimum atomic E-state index is 0.727. The fourth-order valence-corrected chi connectivity index (χ4v) is 3.02. The van der Waals surface area contributed by atoms with Crippen molar-refractivity contribution in [3.8, 4) is 11.1 Å². The summed E-state index contributed by atoms with van der Waals surface area (Å²) in [7, 11) is 0. The summed E-state index contributed by atoms with van der Waals surface area (Å²) in [5.41, 5.74) is 7.91. The van der Waals surface area contributed by atoms with E-state index in [2.05, 4.69) is 54.7 Å². The molecule has 2 nitrogen and oxygen atoms in total. The highest BCUT2D eigenvalue weighted by Crippen LogP contribution is 2.37. The first kappa shape index (κ1) is 12.3. The fourth-order valence-electron chi connectivity index (χ4n) is 3.02. The van der Waals surface area contributed by atoms with Crippen LogP contribution >= 0.6 is 0 Å². The molecule has 1 aromatic heterocycles. The predicted molar refractivity (Wildman–Crippen MR) is 85.5 cm³/mol. The molecular formula is C19H17NO. The molecule has 0 aliphatic heterocycles. The Morgan fingerprint density at radius 2 is 1.86 bits per heavy atom. The summed E-state index contributed by atoms with van der Waals surface area (Å²) in [6.45, 7) is 2.80. The van der Waals surface area contributed by atoms with E-state index in [4.69, 9.17) is 4.42 Å². The molecule has 0 spiro atoms. The van der Waals surface area contributed by atoms with Gasteiger partial charge < -0.3 is 9.73 Å². The molecular weight excluding hydrogens is 258 g/mol. The van der Waals surface area contributed by atoms with Crippen molar-refractivity contribution in [3.63, 3.8) is 0 Å². The minimum absolute atomic E-state index is 0.727. The molecule has 104 valence electrons. The second-order valence-corrected chi connectivity index (χ2v) is 5.59. The Labute approximate surface area is 124 Å². The van der Waals surface area contributed by atoms with Crippen molar-refractivity contribution in [1.82, 2.24) is 0 Å². The fraction of sp³-hybridized carbons (Fsp3) is 0.158. The molecule has 0 amide bonds. The average Bonchev–Trinajstić information content (AvgIpc) is 3.07. The summed E-state index contributed by atoms with van der Waals surface area (Å²) < 4.78 is 5.47. The number of anilines is 1. The first-order valence-corrected chi connectivity index (χ1v) is 7.29. The monoisotopic (exact) mass is 275 g/mol. The van der Waals surface area contributed by atoms with Gasteiger partial charge in [0, 0.05) is 5.69 Å². The van der Waals surface area contributed by atoms with Crippen molar-refractivity contribution >= 4 is 5.69 Å². The van der Waals surface area contributed by atoms with Crippen molar-refractivity contribution < 1.29 is 4.42 Å². The lowest BCUT2D eigenvalue weighted by Gasteiger charge is -2.08. The molecule has 3 aromatic rings. The van der Waals surface area contributed by atoms with Gasteiger partial charge in [-0.3, -0.25) is 0 Å². The smallest absolute Gasteiger partial charge is 0.125 e. The number of aryl methyl sites for hydroxylation is 1. The molecule has 0 saturated carbocycles. The van der Waals surface area contributed by atoms with E-state index in [9.17, 15) is 0 Å². The standard InChI is InChI=1S/C19H17NO/c1-13-8-9-21-19(13)12-20-16-6-7-18-15(11-16)10-14-4-2-3-5-17(14)18/h2-9,11,20H,10,12H2,1H3. The Morgan fingerprint density at radius 1 is 1.00 bits per heavy atom. The van der Waals surface area contributed by atoms with E-state index in [0.29, 0.717) is 0 Å². The highest BCUT2D eigenvalue weighted by atomic mass is 16.3. The Balaban J connectivity index is 1.57. The van der Waals surface area contributed by atoms with E-state index in [0.717, 1.165) is 24.4 Å². The van der Waals surface area contributed by atoms with E-state index in [1.165, 1.54) is 27.8 Å². The molecule has 1 heterocycles. The van der Waals surface area contributed by atoms with Crippen LogP contribution in [-0.4, -0.2) is 0 Å². The van der Waals surface area contributed by atoms with Crippen LogP contribution in [0.3, 0.4) is 0 Å². The number of benzene rings is 2. The lowest BCUT2D eigenvalue weighted by molar-refractivity contribution is 0.515. The molecule has 2 aromatic carbocycles. The molecule has 0 atom stereocenters. The maximum Gasteiger partial charge on any atom is 0.125 e. The largest absolute Gasteiger partial charge is 0.467 e. The van der Waals surface area contributed by atoms with Gasteiger partial charge in [0.2, 0.25) is 0 Å². The van der Waals surface area contributed by atoms with Crippen molar-refractivity contribution in [2.24, 2.45) is 0 Å². The van der Waals surface area contributed by atoms with Gasteiger partial charge in [0.25, 0.3) is 0 Å². The van der Waals surface area contributed by atoms with Crippen molar-refractivity contribution in [2.75, 3.05) is 5.32 Å². The SMILES string of the molecule is Cc1ccoc1CNc1ccc2c(c1)Cc1ccccc1-2. The second-order valence-electron chi connectivity index (χ2n) is 5.59. The molecule has 4 rings (SSSR count). The number of rotatable bonds is 3. The van der Waals surface area contributed by atoms with Crippen LogP contribution in [0.25, 0.3) is 11.1 Å². The number of hydrogen-bond donors (Lipinski definition) is 1. The molecule has 1 N–H and O–H groups in total. The van der Waals surface area contributed by atoms with Crippen LogP contribution in [0, 0.1) is 6.92 Å². The van der Waals surface area contributed by atoms with E-state index in [-0.39, 0.29) is 0 Å². The lowest BCUT2D eigenvalue weighted by atomic mass is 10.1. The summed E-state index contributed by atoms with van der Waals surface area (Å²) in [4.78, 5) is 0. The van der Waals surface area contributed by atoms with Crippen LogP contribution < -0.4 is 5.32 Å². The molecule has 0 bridgehead atoms. The zero-order chi connectivity index (χ0) is 14.2. The van der Waals surface area contributed by atoms with Gasteiger partial charge in [-0.15, -0.1) is 0 Å². The van der Waals surface area contributed by atoms with Crippen LogP contribution in [0.5, 0.6) is 0 Å². The summed E-state index contributed by atoms with van der Waals surface area (Å²) in [6.07, 6.45) is 2.77. The third kappa shape index (κ3) is 2.13. The van der Waals surface area contributed by atoms with Gasteiger partial charge >= 0.3 is 0 Å². The van der Waals surface area contributed by atoms with Gasteiger partial charge in [0.05, 0.1) is 12.8 Å². The first-order valence-electron chi connectivity index (χ1n) is 7.29. The van der Waals surface area contributed by atoms with Crippen molar-refractivity contribution in [2.45, 2.75) is 19.9 Å². The van der Waals surface area contributed by atoms with Crippen LogP contribution in [0.2, 0.25) is 0 Å². The summed E-state index contributed by atoms with van der Waals surface area (Å²) in [5, 5.41) is 3.45. The van der Waals surface area contributed by atoms with E-state index in [1.807, 2.05) is 6.07 Å². The number of nitrogens with one attached hydrogen (secondary N) is 1. The van der Waals surface area contributed by atoms with E-state index < -0.39 is 0 Å². The molecule has 0 unspecified atom stereocenters. The number of hydrogen-bond acceptors (Lipinski definition) is 2. The van der Waals surface area contributed by atoms with Gasteiger partial charge in [-0.05, 0) is 59.4 Å². The highest BCUT2D eigenvalue weighted by molar-refractivity contribution is 5.78. The Morgan fingerprint density at radius 3 is 2.71 bits per heavy atom. The minimum Gasteiger partial charge on any atom is -0.467 e. The normalized spacial score (nSPS) is 12.0. The van der Waals surface area contributed by atoms with Gasteiger partial charge in [-0.1, -0.05) is 30.3 Å². The maximum absolute atomic E-state index is 5.47. The third-order valence-corrected chi connectivity index (χ3v) is 4.21. The Hall–Kier alpha value is -2.48. The van der Waals surface area contributed by atoms with Crippen LogP contribution in [-0.2, 0) is 13.0 Å². The third-order valence-electron chi connectivity index (χ3n) is 4.21. The zero-order valence-corrected chi connectivity index (χ0v) is 12.0. The van der Waals surface area contributed by atoms with E-state index in [1.54, 1.807) is 6.26 Å². The second kappa shape index (κ2) is 4.81. The molecule has 0 fully saturated rings. The summed E-state index contributed by atoms with van der Waals surface area (Å²) >= 11 is 0. The quantitative estimate of drug-likeness (QED) is 0.582. The van der Waals surface area contributed by atoms with Crippen LogP contribution in [0.4, 0.5) is 5.69 Å². The summed E-state index contributed by atoms with van der Waals surface area (Å²) in [6, 6.07) is 17.3. The van der Waals surface area contributed by atoms with E-state index >= 15 is 0 Å². The van der Waals surface area contributed by atoms with Crippen LogP contribution in [0.15, 0.2) is 59.2 Å². The predicted octanol–water partition coefficient (Wildman–Crippen LogP) is 4.77. The van der Waals surface area contributed by atoms with Crippen molar-refractivity contribution in [1.29, 1.82) is 0 Å². The van der Waals surface area contributed by atoms with Crippen LogP contribution in [0.1, 0.15) is 22.5 Å². The average molecular weight is 275 g/mol. The Kier molecular flexibility index (Phi) is 2.81. The van der Waals surface area contributed by atoms with Gasteiger partial charge in [0.1, 0.15) is 5.76 Å². The molecule has 21 heavy (non-hydrogen) atoms. The zero-order valence-electron chi connectivity index (χ0n) is 12.0.